The third kappa shape index (κ3) is 6.18. The lowest BCUT2D eigenvalue weighted by Gasteiger charge is -2.30. The molecule has 0 bridgehead atoms. The molecule has 0 aliphatic carbocycles. The molecule has 0 saturated heterocycles. The Kier molecular flexibility index (Phi) is 8.24. The number of para-hydroxylation sites is 1. The number of amides is 1. The molecule has 0 radical (unpaired) electrons. The van der Waals surface area contributed by atoms with Crippen molar-refractivity contribution >= 4 is 5.91 Å². The zero-order valence-electron chi connectivity index (χ0n) is 18.6. The number of hydrogen-bond acceptors (Lipinski definition) is 4. The number of methoxy groups -OCH3 is 1. The topological polar surface area (TPSA) is 59.4 Å². The van der Waals surface area contributed by atoms with E-state index in [1.807, 2.05) is 65.6 Å². The van der Waals surface area contributed by atoms with Crippen LogP contribution in [0.4, 0.5) is 0 Å². The van der Waals surface area contributed by atoms with Crippen molar-refractivity contribution in [2.24, 2.45) is 0 Å². The average molecular weight is 421 g/mol. The molecule has 1 unspecified atom stereocenters. The summed E-state index contributed by atoms with van der Waals surface area (Å²) in [7, 11) is 1.67. The van der Waals surface area contributed by atoms with Crippen LogP contribution in [0.5, 0.6) is 5.75 Å². The van der Waals surface area contributed by atoms with Crippen molar-refractivity contribution in [1.29, 1.82) is 0 Å². The second kappa shape index (κ2) is 11.3. The number of carbonyl (C=O) groups excluding carboxylic acids is 1. The molecule has 2 aromatic carbocycles. The fourth-order valence-corrected chi connectivity index (χ4v) is 3.74. The van der Waals surface area contributed by atoms with Crippen LogP contribution in [0, 0.1) is 0 Å². The predicted molar refractivity (Wildman–Crippen MR) is 124 cm³/mol. The second-order valence-electron chi connectivity index (χ2n) is 7.45. The lowest BCUT2D eigenvalue weighted by atomic mass is 10.0. The van der Waals surface area contributed by atoms with Gasteiger partial charge in [-0.2, -0.15) is 5.10 Å². The van der Waals surface area contributed by atoms with Gasteiger partial charge in [-0.15, -0.1) is 0 Å². The van der Waals surface area contributed by atoms with E-state index in [1.54, 1.807) is 7.11 Å². The molecule has 1 heterocycles. The van der Waals surface area contributed by atoms with Gasteiger partial charge in [-0.3, -0.25) is 9.69 Å². The molecule has 6 nitrogen and oxygen atoms in total. The fraction of sp³-hybridized carbons (Fsp3) is 0.360. The summed E-state index contributed by atoms with van der Waals surface area (Å²) in [6, 6.07) is 18.2. The van der Waals surface area contributed by atoms with Gasteiger partial charge in [0.1, 0.15) is 5.75 Å². The molecule has 3 aromatic rings. The Morgan fingerprint density at radius 1 is 1.13 bits per heavy atom. The Morgan fingerprint density at radius 3 is 2.61 bits per heavy atom. The summed E-state index contributed by atoms with van der Waals surface area (Å²) in [5.41, 5.74) is 3.21. The number of aromatic nitrogens is 2. The van der Waals surface area contributed by atoms with Gasteiger partial charge in [0, 0.05) is 19.2 Å². The molecule has 1 N–H and O–H groups in total. The van der Waals surface area contributed by atoms with Gasteiger partial charge in [-0.1, -0.05) is 44.2 Å². The maximum atomic E-state index is 12.6. The van der Waals surface area contributed by atoms with Gasteiger partial charge in [-0.25, -0.2) is 4.68 Å². The van der Waals surface area contributed by atoms with Crippen molar-refractivity contribution < 1.29 is 9.53 Å². The van der Waals surface area contributed by atoms with E-state index in [-0.39, 0.29) is 11.9 Å². The van der Waals surface area contributed by atoms with Crippen LogP contribution >= 0.6 is 0 Å². The minimum Gasteiger partial charge on any atom is -0.497 e. The number of ether oxygens (including phenoxy) is 1. The Hall–Kier alpha value is -3.12. The van der Waals surface area contributed by atoms with Gasteiger partial charge in [0.25, 0.3) is 0 Å². The molecule has 3 rings (SSSR count). The lowest BCUT2D eigenvalue weighted by molar-refractivity contribution is -0.121. The molecule has 1 atom stereocenters. The summed E-state index contributed by atoms with van der Waals surface area (Å²) >= 11 is 0. The fourth-order valence-electron chi connectivity index (χ4n) is 3.74. The Morgan fingerprint density at radius 2 is 1.90 bits per heavy atom. The SMILES string of the molecule is CCN(CC)C(CNC(=O)CCc1cnn(-c2ccccc2)c1)c1cccc(OC)c1. The monoisotopic (exact) mass is 420 g/mol. The summed E-state index contributed by atoms with van der Waals surface area (Å²) in [5, 5.41) is 7.53. The van der Waals surface area contributed by atoms with E-state index in [0.29, 0.717) is 19.4 Å². The highest BCUT2D eigenvalue weighted by molar-refractivity contribution is 5.76. The third-order valence-corrected chi connectivity index (χ3v) is 5.52. The standard InChI is InChI=1S/C25H32N4O2/c1-4-28(5-2)24(21-10-9-13-23(16-21)31-3)18-26-25(30)15-14-20-17-27-29(19-20)22-11-7-6-8-12-22/h6-13,16-17,19,24H,4-5,14-15,18H2,1-3H3,(H,26,30). The van der Waals surface area contributed by atoms with Crippen LogP contribution in [0.15, 0.2) is 67.0 Å². The smallest absolute Gasteiger partial charge is 0.220 e. The van der Waals surface area contributed by atoms with E-state index in [1.165, 1.54) is 0 Å². The van der Waals surface area contributed by atoms with Gasteiger partial charge < -0.3 is 10.1 Å². The van der Waals surface area contributed by atoms with Crippen LogP contribution in [0.2, 0.25) is 0 Å². The highest BCUT2D eigenvalue weighted by Gasteiger charge is 2.19. The highest BCUT2D eigenvalue weighted by atomic mass is 16.5. The molecule has 6 heteroatoms. The van der Waals surface area contributed by atoms with Gasteiger partial charge in [0.05, 0.1) is 25.0 Å². The normalized spacial score (nSPS) is 12.0. The molecular formula is C25H32N4O2. The number of nitrogens with one attached hydrogen (secondary N) is 1. The number of carbonyl (C=O) groups is 1. The van der Waals surface area contributed by atoms with Gasteiger partial charge in [-0.05, 0) is 54.9 Å². The number of benzene rings is 2. The van der Waals surface area contributed by atoms with Crippen LogP contribution in [-0.4, -0.2) is 47.3 Å². The van der Waals surface area contributed by atoms with Crippen LogP contribution in [0.25, 0.3) is 5.69 Å². The number of likely N-dealkylation sites (N-methyl/N-ethyl adjacent to an activating group) is 1. The average Bonchev–Trinajstić information content (AvgIpc) is 3.30. The molecule has 0 aliphatic rings. The first-order valence-electron chi connectivity index (χ1n) is 10.9. The number of hydrogen-bond donors (Lipinski definition) is 1. The molecule has 31 heavy (non-hydrogen) atoms. The molecule has 164 valence electrons. The first-order valence-corrected chi connectivity index (χ1v) is 10.9. The predicted octanol–water partition coefficient (Wildman–Crippen LogP) is 4.01. The van der Waals surface area contributed by atoms with Crippen molar-refractivity contribution in [1.82, 2.24) is 20.0 Å². The highest BCUT2D eigenvalue weighted by Crippen LogP contribution is 2.24. The van der Waals surface area contributed by atoms with Crippen LogP contribution < -0.4 is 10.1 Å². The molecular weight excluding hydrogens is 388 g/mol. The van der Waals surface area contributed by atoms with Crippen molar-refractivity contribution in [2.45, 2.75) is 32.7 Å². The van der Waals surface area contributed by atoms with E-state index >= 15 is 0 Å². The first kappa shape index (κ1) is 22.6. The largest absolute Gasteiger partial charge is 0.497 e. The van der Waals surface area contributed by atoms with E-state index < -0.39 is 0 Å². The van der Waals surface area contributed by atoms with Crippen LogP contribution in [-0.2, 0) is 11.2 Å². The molecule has 0 aliphatic heterocycles. The van der Waals surface area contributed by atoms with Crippen molar-refractivity contribution in [2.75, 3.05) is 26.7 Å². The number of aryl methyl sites for hydroxylation is 1. The number of rotatable bonds is 11. The maximum Gasteiger partial charge on any atom is 0.220 e. The van der Waals surface area contributed by atoms with E-state index in [2.05, 4.69) is 35.2 Å². The first-order chi connectivity index (χ1) is 15.1. The molecule has 1 amide bonds. The lowest BCUT2D eigenvalue weighted by Crippen LogP contribution is -2.38. The third-order valence-electron chi connectivity index (χ3n) is 5.52. The second-order valence-corrected chi connectivity index (χ2v) is 7.45. The summed E-state index contributed by atoms with van der Waals surface area (Å²) in [5.74, 6) is 0.879. The van der Waals surface area contributed by atoms with Gasteiger partial charge >= 0.3 is 0 Å². The summed E-state index contributed by atoms with van der Waals surface area (Å²) in [6.45, 7) is 6.67. The minimum atomic E-state index is 0.0486. The van der Waals surface area contributed by atoms with E-state index in [9.17, 15) is 4.79 Å². The summed E-state index contributed by atoms with van der Waals surface area (Å²) in [4.78, 5) is 14.9. The van der Waals surface area contributed by atoms with Crippen LogP contribution in [0.3, 0.4) is 0 Å². The van der Waals surface area contributed by atoms with E-state index in [4.69, 9.17) is 4.74 Å². The van der Waals surface area contributed by atoms with E-state index in [0.717, 1.165) is 35.7 Å². The van der Waals surface area contributed by atoms with Crippen molar-refractivity contribution in [3.63, 3.8) is 0 Å². The molecule has 0 saturated carbocycles. The maximum absolute atomic E-state index is 12.6. The summed E-state index contributed by atoms with van der Waals surface area (Å²) < 4.78 is 7.23. The van der Waals surface area contributed by atoms with Crippen LogP contribution in [0.1, 0.15) is 37.4 Å². The Balaban J connectivity index is 1.57. The van der Waals surface area contributed by atoms with Crippen molar-refractivity contribution in [3.05, 3.63) is 78.1 Å². The zero-order chi connectivity index (χ0) is 22.1. The van der Waals surface area contributed by atoms with Gasteiger partial charge in [0.2, 0.25) is 5.91 Å². The summed E-state index contributed by atoms with van der Waals surface area (Å²) in [6.07, 6.45) is 4.91. The minimum absolute atomic E-state index is 0.0486. The quantitative estimate of drug-likeness (QED) is 0.509. The van der Waals surface area contributed by atoms with Crippen molar-refractivity contribution in [3.8, 4) is 11.4 Å². The number of nitrogens with zero attached hydrogens (tertiary/aromatic N) is 3. The molecule has 0 fully saturated rings. The molecule has 1 aromatic heterocycles. The zero-order valence-corrected chi connectivity index (χ0v) is 18.6. The van der Waals surface area contributed by atoms with Gasteiger partial charge in [0.15, 0.2) is 0 Å². The molecule has 0 spiro atoms. The Bertz CT molecular complexity index is 951. The Labute approximate surface area is 184 Å².